The molecule has 0 amide bonds. The van der Waals surface area contributed by atoms with Crippen LogP contribution in [0.1, 0.15) is 0 Å². The molecule has 0 rings (SSSR count). The van der Waals surface area contributed by atoms with E-state index in [0.29, 0.717) is 0 Å². The largest absolute Gasteiger partial charge is 0.412 e. The molecule has 0 aliphatic heterocycles. The predicted molar refractivity (Wildman–Crippen MR) is 30.9 cm³/mol. The second-order valence-corrected chi connectivity index (χ2v) is 3.61. The lowest BCUT2D eigenvalue weighted by molar-refractivity contribution is -0.154. The molecule has 0 fully saturated rings. The standard InChI is InChI=1S/C3H7F3NO3P/c4-3(5,6)1-10-11(8,9)2-7/h1-2,7H2,(H,8,9). The molecular weight excluding hydrogens is 186 g/mol. The average molecular weight is 193 g/mol. The Morgan fingerprint density at radius 2 is 2.00 bits per heavy atom. The van der Waals surface area contributed by atoms with Crippen molar-refractivity contribution in [3.05, 3.63) is 0 Å². The van der Waals surface area contributed by atoms with Gasteiger partial charge in [-0.15, -0.1) is 0 Å². The lowest BCUT2D eigenvalue weighted by atomic mass is 10.7. The summed E-state index contributed by atoms with van der Waals surface area (Å²) in [7, 11) is -4.21. The second-order valence-electron chi connectivity index (χ2n) is 1.71. The first-order chi connectivity index (χ1) is 4.77. The number of hydrogen-bond donors (Lipinski definition) is 2. The molecule has 0 spiro atoms. The number of rotatable bonds is 3. The maximum Gasteiger partial charge on any atom is 0.412 e. The third-order valence-electron chi connectivity index (χ3n) is 0.661. The Hall–Kier alpha value is -0.100. The van der Waals surface area contributed by atoms with Crippen LogP contribution in [0.25, 0.3) is 0 Å². The summed E-state index contributed by atoms with van der Waals surface area (Å²) in [6.45, 7) is -1.75. The van der Waals surface area contributed by atoms with Crippen LogP contribution in [0.5, 0.6) is 0 Å². The van der Waals surface area contributed by atoms with Gasteiger partial charge in [0.2, 0.25) is 0 Å². The van der Waals surface area contributed by atoms with Crippen LogP contribution in [0.15, 0.2) is 0 Å². The quantitative estimate of drug-likeness (QED) is 0.646. The van der Waals surface area contributed by atoms with E-state index in [0.717, 1.165) is 0 Å². The van der Waals surface area contributed by atoms with Gasteiger partial charge >= 0.3 is 13.8 Å². The van der Waals surface area contributed by atoms with Gasteiger partial charge < -0.3 is 10.6 Å². The molecule has 0 aromatic rings. The molecule has 0 aliphatic carbocycles. The molecule has 68 valence electrons. The van der Waals surface area contributed by atoms with Crippen LogP contribution in [0, 0.1) is 0 Å². The maximum absolute atomic E-state index is 11.3. The van der Waals surface area contributed by atoms with E-state index in [1.165, 1.54) is 0 Å². The molecule has 0 bridgehead atoms. The predicted octanol–water partition coefficient (Wildman–Crippen LogP) is 0.667. The molecule has 0 saturated carbocycles. The van der Waals surface area contributed by atoms with Gasteiger partial charge in [0.25, 0.3) is 0 Å². The highest BCUT2D eigenvalue weighted by Gasteiger charge is 2.31. The Bertz CT molecular complexity index is 170. The van der Waals surface area contributed by atoms with Crippen LogP contribution in [-0.4, -0.2) is 24.0 Å². The zero-order chi connectivity index (χ0) is 9.12. The van der Waals surface area contributed by atoms with Crippen molar-refractivity contribution < 1.29 is 27.2 Å². The first-order valence-electron chi connectivity index (χ1n) is 2.50. The zero-order valence-electron chi connectivity index (χ0n) is 5.34. The minimum Gasteiger partial charge on any atom is -0.323 e. The van der Waals surface area contributed by atoms with Gasteiger partial charge in [-0.3, -0.25) is 9.09 Å². The van der Waals surface area contributed by atoms with E-state index < -0.39 is 26.7 Å². The lowest BCUT2D eigenvalue weighted by Crippen LogP contribution is -2.17. The van der Waals surface area contributed by atoms with Crippen LogP contribution < -0.4 is 5.73 Å². The van der Waals surface area contributed by atoms with Gasteiger partial charge in [0, 0.05) is 0 Å². The van der Waals surface area contributed by atoms with Crippen LogP contribution in [0.2, 0.25) is 0 Å². The van der Waals surface area contributed by atoms with Gasteiger partial charge in [-0.25, -0.2) is 0 Å². The minimum atomic E-state index is -4.60. The highest BCUT2D eigenvalue weighted by molar-refractivity contribution is 7.52. The molecule has 0 radical (unpaired) electrons. The summed E-state index contributed by atoms with van der Waals surface area (Å²) in [5, 5.41) is 0. The Kier molecular flexibility index (Phi) is 3.50. The van der Waals surface area contributed by atoms with Gasteiger partial charge in [-0.05, 0) is 0 Å². The summed E-state index contributed by atoms with van der Waals surface area (Å²) < 4.78 is 47.9. The van der Waals surface area contributed by atoms with Gasteiger partial charge in [0.15, 0.2) is 6.61 Å². The third-order valence-corrected chi connectivity index (χ3v) is 1.65. The monoisotopic (exact) mass is 193 g/mol. The Morgan fingerprint density at radius 3 is 2.27 bits per heavy atom. The number of alkyl halides is 3. The Balaban J connectivity index is 3.80. The van der Waals surface area contributed by atoms with Gasteiger partial charge in [0.1, 0.15) is 0 Å². The molecule has 0 saturated heterocycles. The molecule has 0 aliphatic rings. The first kappa shape index (κ1) is 10.9. The van der Waals surface area contributed by atoms with Gasteiger partial charge in [-0.1, -0.05) is 0 Å². The highest BCUT2D eigenvalue weighted by atomic mass is 31.2. The van der Waals surface area contributed by atoms with E-state index in [9.17, 15) is 17.7 Å². The Labute approximate surface area is 60.7 Å². The summed E-state index contributed by atoms with van der Waals surface area (Å²) in [5.74, 6) is 0. The molecule has 11 heavy (non-hydrogen) atoms. The summed E-state index contributed by atoms with van der Waals surface area (Å²) in [5.41, 5.74) is 4.63. The van der Waals surface area contributed by atoms with E-state index in [2.05, 4.69) is 10.3 Å². The zero-order valence-corrected chi connectivity index (χ0v) is 6.23. The van der Waals surface area contributed by atoms with Crippen molar-refractivity contribution in [1.82, 2.24) is 0 Å². The average Bonchev–Trinajstić information content (AvgIpc) is 1.83. The van der Waals surface area contributed by atoms with Crippen LogP contribution in [0.4, 0.5) is 13.2 Å². The fourth-order valence-electron chi connectivity index (χ4n) is 0.227. The lowest BCUT2D eigenvalue weighted by Gasteiger charge is -2.10. The van der Waals surface area contributed by atoms with Crippen molar-refractivity contribution in [1.29, 1.82) is 0 Å². The molecule has 1 atom stereocenters. The SMILES string of the molecule is NCP(=O)(O)OCC(F)(F)F. The normalized spacial score (nSPS) is 17.9. The van der Waals surface area contributed by atoms with E-state index in [1.54, 1.807) is 0 Å². The molecular formula is C3H7F3NO3P. The minimum absolute atomic E-state index is 0.816. The number of hydrogen-bond acceptors (Lipinski definition) is 3. The smallest absolute Gasteiger partial charge is 0.323 e. The highest BCUT2D eigenvalue weighted by Crippen LogP contribution is 2.40. The number of nitrogens with two attached hydrogens (primary N) is 1. The molecule has 0 aromatic carbocycles. The van der Waals surface area contributed by atoms with Crippen molar-refractivity contribution in [2.45, 2.75) is 6.18 Å². The maximum atomic E-state index is 11.3. The molecule has 0 aromatic heterocycles. The molecule has 8 heteroatoms. The Morgan fingerprint density at radius 1 is 1.55 bits per heavy atom. The second kappa shape index (κ2) is 3.53. The fraction of sp³-hybridized carbons (Fsp3) is 1.00. The van der Waals surface area contributed by atoms with Crippen molar-refractivity contribution in [2.24, 2.45) is 5.73 Å². The summed E-state index contributed by atoms with van der Waals surface area (Å²) in [6, 6.07) is 0. The first-order valence-corrected chi connectivity index (χ1v) is 4.26. The van der Waals surface area contributed by atoms with E-state index >= 15 is 0 Å². The van der Waals surface area contributed by atoms with Gasteiger partial charge in [0.05, 0.1) is 6.29 Å². The molecule has 1 unspecified atom stereocenters. The van der Waals surface area contributed by atoms with Crippen LogP contribution >= 0.6 is 7.60 Å². The van der Waals surface area contributed by atoms with E-state index in [-0.39, 0.29) is 0 Å². The van der Waals surface area contributed by atoms with Crippen LogP contribution in [0.3, 0.4) is 0 Å². The summed E-state index contributed by atoms with van der Waals surface area (Å²) in [4.78, 5) is 8.39. The van der Waals surface area contributed by atoms with E-state index in [1.807, 2.05) is 0 Å². The number of halogens is 3. The molecule has 4 nitrogen and oxygen atoms in total. The fourth-order valence-corrected chi connectivity index (χ4v) is 0.680. The van der Waals surface area contributed by atoms with E-state index in [4.69, 9.17) is 4.89 Å². The summed E-state index contributed by atoms with van der Waals surface area (Å²) in [6.07, 6.45) is -5.42. The van der Waals surface area contributed by atoms with Crippen molar-refractivity contribution in [2.75, 3.05) is 12.9 Å². The van der Waals surface area contributed by atoms with Gasteiger partial charge in [-0.2, -0.15) is 13.2 Å². The molecule has 0 heterocycles. The van der Waals surface area contributed by atoms with Crippen LogP contribution in [-0.2, 0) is 9.09 Å². The summed E-state index contributed by atoms with van der Waals surface area (Å²) >= 11 is 0. The van der Waals surface area contributed by atoms with Crippen molar-refractivity contribution in [3.63, 3.8) is 0 Å². The third kappa shape index (κ3) is 6.30. The topological polar surface area (TPSA) is 72.6 Å². The van der Waals surface area contributed by atoms with Crippen molar-refractivity contribution in [3.8, 4) is 0 Å². The molecule has 3 N–H and O–H groups in total. The van der Waals surface area contributed by atoms with Crippen molar-refractivity contribution >= 4 is 7.60 Å².